The van der Waals surface area contributed by atoms with Crippen molar-refractivity contribution in [3.63, 3.8) is 0 Å². The number of nitrogens with one attached hydrogen (secondary N) is 1. The van der Waals surface area contributed by atoms with Crippen molar-refractivity contribution in [2.45, 2.75) is 6.18 Å². The Hall–Kier alpha value is -2.17. The minimum Gasteiger partial charge on any atom is -0.280 e. The Bertz CT molecular complexity index is 846. The highest BCUT2D eigenvalue weighted by molar-refractivity contribution is 8.32. The van der Waals surface area contributed by atoms with Gasteiger partial charge in [-0.25, -0.2) is 10.5 Å². The first-order chi connectivity index (χ1) is 12.8. The third-order valence-electron chi connectivity index (χ3n) is 3.63. The van der Waals surface area contributed by atoms with Gasteiger partial charge in [0.05, 0.1) is 12.1 Å². The van der Waals surface area contributed by atoms with Gasteiger partial charge in [-0.05, 0) is 30.3 Å². The Balaban J connectivity index is 1.87. The second-order valence-corrected chi connectivity index (χ2v) is 7.16. The zero-order valence-corrected chi connectivity index (χ0v) is 15.6. The van der Waals surface area contributed by atoms with Crippen molar-refractivity contribution in [3.8, 4) is 0 Å². The van der Waals surface area contributed by atoms with E-state index >= 15 is 0 Å². The standard InChI is InChI=1S/C17H15F3N4OS2/c18-17(19,20)12-5-4-8-14(9-12)24(13-6-2-1-3-7-13)15(25)10-21-23-11-27-16(26)22-23/h1-9,21H,10-11H2,(H,22,26). The average Bonchev–Trinajstić information content (AvgIpc) is 3.06. The molecule has 0 fully saturated rings. The molecule has 142 valence electrons. The molecule has 2 aromatic carbocycles. The molecule has 1 aliphatic rings. The number of hydrogen-bond donors (Lipinski definition) is 2. The summed E-state index contributed by atoms with van der Waals surface area (Å²) in [5, 5.41) is 5.52. The Labute approximate surface area is 163 Å². The number of alkyl halides is 3. The summed E-state index contributed by atoms with van der Waals surface area (Å²) in [6.07, 6.45) is -4.50. The normalized spacial score (nSPS) is 14.2. The molecule has 0 aliphatic carbocycles. The quantitative estimate of drug-likeness (QED) is 0.727. The molecule has 0 bridgehead atoms. The maximum atomic E-state index is 13.1. The molecule has 10 heteroatoms. The topological polar surface area (TPSA) is 47.9 Å². The van der Waals surface area contributed by atoms with Crippen molar-refractivity contribution in [2.75, 3.05) is 17.3 Å². The predicted molar refractivity (Wildman–Crippen MR) is 104 cm³/mol. The van der Waals surface area contributed by atoms with Crippen LogP contribution in [0.15, 0.2) is 59.7 Å². The second kappa shape index (κ2) is 8.24. The van der Waals surface area contributed by atoms with Crippen molar-refractivity contribution >= 4 is 46.0 Å². The van der Waals surface area contributed by atoms with E-state index in [0.717, 1.165) is 12.1 Å². The lowest BCUT2D eigenvalue weighted by Crippen LogP contribution is -2.41. The number of nitrogens with zero attached hydrogens (tertiary/aromatic N) is 3. The largest absolute Gasteiger partial charge is 0.416 e. The fourth-order valence-corrected chi connectivity index (χ4v) is 3.26. The number of anilines is 2. The third-order valence-corrected chi connectivity index (χ3v) is 4.82. The summed E-state index contributed by atoms with van der Waals surface area (Å²) >= 11 is 5.51. The van der Waals surface area contributed by atoms with E-state index in [-0.39, 0.29) is 12.2 Å². The monoisotopic (exact) mass is 412 g/mol. The number of carbonyl (C=O) groups is 1. The first-order valence-corrected chi connectivity index (χ1v) is 9.24. The van der Waals surface area contributed by atoms with Gasteiger partial charge < -0.3 is 0 Å². The van der Waals surface area contributed by atoms with Gasteiger partial charge in [0.15, 0.2) is 4.38 Å². The molecule has 3 rings (SSSR count). The molecule has 5 nitrogen and oxygen atoms in total. The number of para-hydroxylation sites is 1. The molecular formula is C17H15F3N4OS2. The van der Waals surface area contributed by atoms with E-state index in [1.807, 2.05) is 0 Å². The van der Waals surface area contributed by atoms with E-state index in [4.69, 9.17) is 0 Å². The molecule has 0 aromatic heterocycles. The third kappa shape index (κ3) is 4.96. The summed E-state index contributed by atoms with van der Waals surface area (Å²) in [5.41, 5.74) is 2.63. The molecule has 1 aliphatic heterocycles. The number of thiol groups is 1. The number of carbonyl (C=O) groups excluding carboxylic acids is 1. The number of rotatable bonds is 5. The van der Waals surface area contributed by atoms with E-state index in [1.165, 1.54) is 33.9 Å². The van der Waals surface area contributed by atoms with Crippen LogP contribution in [0.1, 0.15) is 5.56 Å². The molecule has 0 spiro atoms. The summed E-state index contributed by atoms with van der Waals surface area (Å²) in [6.45, 7) is -0.143. The molecule has 2 aromatic rings. The zero-order chi connectivity index (χ0) is 19.4. The van der Waals surface area contributed by atoms with Crippen molar-refractivity contribution in [2.24, 2.45) is 5.10 Å². The van der Waals surface area contributed by atoms with Gasteiger partial charge in [0.25, 0.3) is 0 Å². The van der Waals surface area contributed by atoms with Gasteiger partial charge in [0, 0.05) is 11.4 Å². The minimum absolute atomic E-state index is 0.136. The molecule has 1 amide bonds. The highest BCUT2D eigenvalue weighted by Crippen LogP contribution is 2.33. The molecule has 0 unspecified atom stereocenters. The van der Waals surface area contributed by atoms with Crippen molar-refractivity contribution in [1.82, 2.24) is 10.5 Å². The van der Waals surface area contributed by atoms with E-state index < -0.39 is 17.6 Å². The van der Waals surface area contributed by atoms with Crippen LogP contribution in [-0.2, 0) is 11.0 Å². The van der Waals surface area contributed by atoms with Crippen LogP contribution in [0.5, 0.6) is 0 Å². The molecule has 1 heterocycles. The van der Waals surface area contributed by atoms with Crippen LogP contribution in [-0.4, -0.2) is 27.8 Å². The number of amides is 1. The summed E-state index contributed by atoms with van der Waals surface area (Å²) < 4.78 is 39.8. The van der Waals surface area contributed by atoms with Gasteiger partial charge >= 0.3 is 6.18 Å². The first-order valence-electron chi connectivity index (χ1n) is 7.81. The van der Waals surface area contributed by atoms with Crippen LogP contribution in [0, 0.1) is 0 Å². The zero-order valence-electron chi connectivity index (χ0n) is 13.8. The lowest BCUT2D eigenvalue weighted by Gasteiger charge is -2.25. The summed E-state index contributed by atoms with van der Waals surface area (Å²) in [5.74, 6) is 0.0643. The Kier molecular flexibility index (Phi) is 5.98. The SMILES string of the molecule is O=C(CNN1CSC(S)=N1)N(c1ccccc1)c1cccc(C(F)(F)F)c1. The number of thioether (sulfide) groups is 1. The van der Waals surface area contributed by atoms with Crippen LogP contribution in [0.2, 0.25) is 0 Å². The van der Waals surface area contributed by atoms with Crippen molar-refractivity contribution < 1.29 is 18.0 Å². The van der Waals surface area contributed by atoms with E-state index in [1.54, 1.807) is 30.3 Å². The number of halogens is 3. The Morgan fingerprint density at radius 3 is 2.52 bits per heavy atom. The molecular weight excluding hydrogens is 397 g/mol. The van der Waals surface area contributed by atoms with Gasteiger partial charge in [0.1, 0.15) is 5.88 Å². The van der Waals surface area contributed by atoms with E-state index in [2.05, 4.69) is 23.2 Å². The second-order valence-electron chi connectivity index (χ2n) is 5.50. The highest BCUT2D eigenvalue weighted by Gasteiger charge is 2.31. The lowest BCUT2D eigenvalue weighted by molar-refractivity contribution is -0.137. The molecule has 1 N–H and O–H groups in total. The minimum atomic E-state index is -4.50. The van der Waals surface area contributed by atoms with Crippen LogP contribution in [0.25, 0.3) is 0 Å². The lowest BCUT2D eigenvalue weighted by atomic mass is 10.1. The van der Waals surface area contributed by atoms with Crippen LogP contribution in [0.3, 0.4) is 0 Å². The maximum absolute atomic E-state index is 13.1. The number of hydrazine groups is 1. The maximum Gasteiger partial charge on any atom is 0.416 e. The van der Waals surface area contributed by atoms with E-state index in [0.29, 0.717) is 15.9 Å². The van der Waals surface area contributed by atoms with Crippen molar-refractivity contribution in [3.05, 3.63) is 60.2 Å². The predicted octanol–water partition coefficient (Wildman–Crippen LogP) is 4.08. The molecule has 0 radical (unpaired) electrons. The number of hydrogen-bond acceptors (Lipinski definition) is 5. The molecule has 0 saturated heterocycles. The summed E-state index contributed by atoms with van der Waals surface area (Å²) in [4.78, 5) is 14.1. The van der Waals surface area contributed by atoms with Crippen molar-refractivity contribution in [1.29, 1.82) is 0 Å². The van der Waals surface area contributed by atoms with Crippen LogP contribution < -0.4 is 10.3 Å². The molecule has 0 saturated carbocycles. The highest BCUT2D eigenvalue weighted by atomic mass is 32.2. The van der Waals surface area contributed by atoms with Gasteiger partial charge in [-0.1, -0.05) is 36.0 Å². The van der Waals surface area contributed by atoms with Crippen LogP contribution >= 0.6 is 24.4 Å². The smallest absolute Gasteiger partial charge is 0.280 e. The molecule has 0 atom stereocenters. The molecule has 27 heavy (non-hydrogen) atoms. The van der Waals surface area contributed by atoms with Crippen LogP contribution in [0.4, 0.5) is 24.5 Å². The van der Waals surface area contributed by atoms with Gasteiger partial charge in [-0.2, -0.15) is 13.2 Å². The van der Waals surface area contributed by atoms with Gasteiger partial charge in [-0.15, -0.1) is 17.7 Å². The first kappa shape index (κ1) is 19.6. The summed E-state index contributed by atoms with van der Waals surface area (Å²) in [6, 6.07) is 13.2. The van der Waals surface area contributed by atoms with Gasteiger partial charge in [-0.3, -0.25) is 9.69 Å². The fraction of sp³-hybridized carbons (Fsp3) is 0.176. The average molecular weight is 412 g/mol. The fourth-order valence-electron chi connectivity index (χ4n) is 2.43. The Morgan fingerprint density at radius 2 is 1.89 bits per heavy atom. The number of benzene rings is 2. The Morgan fingerprint density at radius 1 is 1.19 bits per heavy atom. The number of hydrazone groups is 1. The van der Waals surface area contributed by atoms with Gasteiger partial charge in [0.2, 0.25) is 5.91 Å². The summed E-state index contributed by atoms with van der Waals surface area (Å²) in [7, 11) is 0. The van der Waals surface area contributed by atoms with E-state index in [9.17, 15) is 18.0 Å².